The molecule has 0 bridgehead atoms. The second-order valence-electron chi connectivity index (χ2n) is 7.57. The number of nitrogens with zero attached hydrogens (tertiary/aromatic N) is 3. The number of benzene rings is 2. The molecule has 4 rings (SSSR count). The molecule has 0 aliphatic heterocycles. The number of hydrogen-bond acceptors (Lipinski definition) is 3. The van der Waals surface area contributed by atoms with Crippen molar-refractivity contribution in [3.63, 3.8) is 0 Å². The van der Waals surface area contributed by atoms with E-state index in [4.69, 9.17) is 17.3 Å². The van der Waals surface area contributed by atoms with E-state index in [2.05, 4.69) is 17.0 Å². The highest BCUT2D eigenvalue weighted by atomic mass is 35.5. The van der Waals surface area contributed by atoms with E-state index in [0.29, 0.717) is 10.7 Å². The van der Waals surface area contributed by atoms with E-state index < -0.39 is 11.3 Å². The van der Waals surface area contributed by atoms with Gasteiger partial charge in [0.2, 0.25) is 5.91 Å². The zero-order valence-electron chi connectivity index (χ0n) is 16.9. The summed E-state index contributed by atoms with van der Waals surface area (Å²) in [5.41, 5.74) is 9.33. The van der Waals surface area contributed by atoms with E-state index in [1.165, 1.54) is 0 Å². The van der Waals surface area contributed by atoms with Gasteiger partial charge < -0.3 is 5.73 Å². The minimum absolute atomic E-state index is 0.106. The molecule has 6 heteroatoms. The Morgan fingerprint density at radius 3 is 2.47 bits per heavy atom. The van der Waals surface area contributed by atoms with Crippen LogP contribution in [-0.4, -0.2) is 20.5 Å². The largest absolute Gasteiger partial charge is 0.369 e. The number of rotatable bonds is 6. The van der Waals surface area contributed by atoms with Crippen LogP contribution >= 0.6 is 11.6 Å². The van der Waals surface area contributed by atoms with Gasteiger partial charge in [-0.3, -0.25) is 4.79 Å². The molecule has 5 nitrogen and oxygen atoms in total. The summed E-state index contributed by atoms with van der Waals surface area (Å²) in [5.74, 6) is -0.501. The van der Waals surface area contributed by atoms with Crippen molar-refractivity contribution in [2.45, 2.75) is 31.6 Å². The van der Waals surface area contributed by atoms with Crippen LogP contribution in [0.4, 0.5) is 0 Å². The molecule has 30 heavy (non-hydrogen) atoms. The maximum atomic E-state index is 12.9. The van der Waals surface area contributed by atoms with Gasteiger partial charge in [-0.25, -0.2) is 9.50 Å². The van der Waals surface area contributed by atoms with Gasteiger partial charge in [-0.05, 0) is 42.7 Å². The third-order valence-corrected chi connectivity index (χ3v) is 6.16. The van der Waals surface area contributed by atoms with Crippen LogP contribution in [0.15, 0.2) is 73.1 Å². The number of halogens is 1. The summed E-state index contributed by atoms with van der Waals surface area (Å²) in [6, 6.07) is 19.4. The highest BCUT2D eigenvalue weighted by molar-refractivity contribution is 6.30. The molecule has 2 atom stereocenters. The molecule has 0 saturated carbocycles. The lowest BCUT2D eigenvalue weighted by Gasteiger charge is -2.35. The molecule has 152 valence electrons. The average molecular weight is 419 g/mol. The summed E-state index contributed by atoms with van der Waals surface area (Å²) < 4.78 is 1.74. The van der Waals surface area contributed by atoms with Crippen molar-refractivity contribution in [3.05, 3.63) is 89.3 Å². The van der Waals surface area contributed by atoms with Gasteiger partial charge >= 0.3 is 0 Å². The smallest absolute Gasteiger partial charge is 0.230 e. The first-order valence-corrected chi connectivity index (χ1v) is 10.3. The molecule has 0 aliphatic carbocycles. The van der Waals surface area contributed by atoms with Crippen LogP contribution in [0.2, 0.25) is 5.02 Å². The van der Waals surface area contributed by atoms with Crippen LogP contribution < -0.4 is 5.73 Å². The highest BCUT2D eigenvalue weighted by Crippen LogP contribution is 2.41. The van der Waals surface area contributed by atoms with E-state index in [9.17, 15) is 4.79 Å². The zero-order valence-corrected chi connectivity index (χ0v) is 17.7. The van der Waals surface area contributed by atoms with E-state index in [1.54, 1.807) is 16.9 Å². The molecule has 0 radical (unpaired) electrons. The SMILES string of the molecule is CCC(c1ccccc1)C(C)(C(N)=O)c1ccnc2c(-c3ccc(Cl)cc3)cnn12. The summed E-state index contributed by atoms with van der Waals surface area (Å²) in [7, 11) is 0. The summed E-state index contributed by atoms with van der Waals surface area (Å²) in [5, 5.41) is 5.26. The molecule has 2 N–H and O–H groups in total. The standard InChI is InChI=1S/C24H23ClN4O/c1-3-20(17-7-5-4-6-8-17)24(2,23(26)30)21-13-14-27-22-19(15-28-29(21)22)16-9-11-18(25)12-10-16/h4-15,20H,3H2,1-2H3,(H2,26,30). The van der Waals surface area contributed by atoms with Gasteiger partial charge in [0, 0.05) is 22.7 Å². The Labute approximate surface area is 180 Å². The number of primary amides is 1. The third-order valence-electron chi connectivity index (χ3n) is 5.91. The number of carbonyl (C=O) groups excluding carboxylic acids is 1. The lowest BCUT2D eigenvalue weighted by molar-refractivity contribution is -0.124. The first-order valence-electron chi connectivity index (χ1n) is 9.90. The average Bonchev–Trinajstić information content (AvgIpc) is 3.19. The van der Waals surface area contributed by atoms with Gasteiger partial charge in [-0.15, -0.1) is 0 Å². The Bertz CT molecular complexity index is 1190. The Morgan fingerprint density at radius 1 is 1.13 bits per heavy atom. The fourth-order valence-electron chi connectivity index (χ4n) is 4.26. The Hall–Kier alpha value is -3.18. The van der Waals surface area contributed by atoms with E-state index in [-0.39, 0.29) is 5.92 Å². The lowest BCUT2D eigenvalue weighted by atomic mass is 9.69. The molecule has 4 aromatic rings. The molecule has 2 aromatic carbocycles. The third kappa shape index (κ3) is 3.25. The fourth-order valence-corrected chi connectivity index (χ4v) is 4.38. The number of fused-ring (bicyclic) bond motifs is 1. The molecular formula is C24H23ClN4O. The van der Waals surface area contributed by atoms with Crippen molar-refractivity contribution >= 4 is 23.2 Å². The van der Waals surface area contributed by atoms with Crippen LogP contribution in [0.5, 0.6) is 0 Å². The lowest BCUT2D eigenvalue weighted by Crippen LogP contribution is -2.45. The van der Waals surface area contributed by atoms with Crippen LogP contribution in [-0.2, 0) is 10.2 Å². The normalized spacial score (nSPS) is 14.4. The van der Waals surface area contributed by atoms with Gasteiger partial charge in [-0.2, -0.15) is 5.10 Å². The van der Waals surface area contributed by atoms with E-state index >= 15 is 0 Å². The van der Waals surface area contributed by atoms with Gasteiger partial charge in [0.1, 0.15) is 0 Å². The molecule has 0 saturated heterocycles. The maximum Gasteiger partial charge on any atom is 0.230 e. The molecular weight excluding hydrogens is 396 g/mol. The predicted molar refractivity (Wildman–Crippen MR) is 119 cm³/mol. The summed E-state index contributed by atoms with van der Waals surface area (Å²) in [4.78, 5) is 17.4. The quantitative estimate of drug-likeness (QED) is 0.479. The second-order valence-corrected chi connectivity index (χ2v) is 8.01. The monoisotopic (exact) mass is 418 g/mol. The molecule has 0 aliphatic rings. The molecule has 2 unspecified atom stereocenters. The van der Waals surface area contributed by atoms with Crippen LogP contribution in [0.25, 0.3) is 16.8 Å². The molecule has 2 heterocycles. The minimum atomic E-state index is -0.972. The maximum absolute atomic E-state index is 12.9. The van der Waals surface area contributed by atoms with Crippen LogP contribution in [0.1, 0.15) is 37.4 Å². The molecule has 2 aromatic heterocycles. The Kier molecular flexibility index (Phi) is 5.31. The molecule has 0 spiro atoms. The van der Waals surface area contributed by atoms with E-state index in [1.807, 2.05) is 67.6 Å². The highest BCUT2D eigenvalue weighted by Gasteiger charge is 2.43. The minimum Gasteiger partial charge on any atom is -0.369 e. The number of nitrogens with two attached hydrogens (primary N) is 1. The number of carbonyl (C=O) groups is 1. The Morgan fingerprint density at radius 2 is 1.83 bits per heavy atom. The van der Waals surface area contributed by atoms with Crippen molar-refractivity contribution in [2.24, 2.45) is 5.73 Å². The van der Waals surface area contributed by atoms with Crippen molar-refractivity contribution in [3.8, 4) is 11.1 Å². The fraction of sp³-hybridized carbons (Fsp3) is 0.208. The van der Waals surface area contributed by atoms with Gasteiger partial charge in [-0.1, -0.05) is 61.0 Å². The zero-order chi connectivity index (χ0) is 21.3. The van der Waals surface area contributed by atoms with Crippen LogP contribution in [0.3, 0.4) is 0 Å². The van der Waals surface area contributed by atoms with Gasteiger partial charge in [0.25, 0.3) is 0 Å². The first kappa shape index (κ1) is 20.1. The molecule has 1 amide bonds. The number of aromatic nitrogens is 3. The number of hydrogen-bond donors (Lipinski definition) is 1. The topological polar surface area (TPSA) is 73.3 Å². The number of amides is 1. The van der Waals surface area contributed by atoms with E-state index in [0.717, 1.165) is 28.8 Å². The van der Waals surface area contributed by atoms with Crippen molar-refractivity contribution in [1.82, 2.24) is 14.6 Å². The molecule has 0 fully saturated rings. The van der Waals surface area contributed by atoms with Crippen LogP contribution in [0, 0.1) is 0 Å². The summed E-state index contributed by atoms with van der Waals surface area (Å²) in [6.45, 7) is 3.97. The van der Waals surface area contributed by atoms with Gasteiger partial charge in [0.15, 0.2) is 5.65 Å². The van der Waals surface area contributed by atoms with Crippen molar-refractivity contribution in [1.29, 1.82) is 0 Å². The Balaban J connectivity index is 1.92. The van der Waals surface area contributed by atoms with Crippen molar-refractivity contribution in [2.75, 3.05) is 0 Å². The summed E-state index contributed by atoms with van der Waals surface area (Å²) >= 11 is 6.03. The first-order chi connectivity index (χ1) is 14.5. The van der Waals surface area contributed by atoms with Crippen molar-refractivity contribution < 1.29 is 4.79 Å². The second kappa shape index (κ2) is 7.92. The summed E-state index contributed by atoms with van der Waals surface area (Å²) in [6.07, 6.45) is 4.23. The predicted octanol–water partition coefficient (Wildman–Crippen LogP) is 4.99. The van der Waals surface area contributed by atoms with Gasteiger partial charge in [0.05, 0.1) is 17.3 Å².